The number of rotatable bonds is 3. The molecular formula is C8H5N3O8. The Morgan fingerprint density at radius 1 is 0.947 bits per heavy atom. The minimum absolute atomic E-state index is 0.0691. The largest absolute Gasteiger partial charge is 0.477 e. The highest BCUT2D eigenvalue weighted by atomic mass is 16.4. The quantitative estimate of drug-likeness (QED) is 0.254. The van der Waals surface area contributed by atoms with Crippen LogP contribution in [-0.2, 0) is 9.59 Å². The molecule has 0 unspecified atom stereocenters. The average molecular weight is 271 g/mol. The third-order valence-electron chi connectivity index (χ3n) is 1.80. The van der Waals surface area contributed by atoms with E-state index in [1.807, 2.05) is 0 Å². The Morgan fingerprint density at radius 3 is 1.74 bits per heavy atom. The molecule has 0 bridgehead atoms. The van der Waals surface area contributed by atoms with Crippen LogP contribution >= 0.6 is 0 Å². The molecule has 0 atom stereocenters. The molecule has 4 N–H and O–H groups in total. The summed E-state index contributed by atoms with van der Waals surface area (Å²) >= 11 is 0. The zero-order chi connectivity index (χ0) is 14.7. The molecule has 1 heterocycles. The van der Waals surface area contributed by atoms with Gasteiger partial charge in [0.1, 0.15) is 5.57 Å². The fourth-order valence-electron chi connectivity index (χ4n) is 1.03. The summed E-state index contributed by atoms with van der Waals surface area (Å²) < 4.78 is -0.159. The normalized spacial score (nSPS) is 9.68. The molecule has 0 radical (unpaired) electrons. The third-order valence-corrected chi connectivity index (χ3v) is 1.80. The second-order valence-corrected chi connectivity index (χ2v) is 3.03. The van der Waals surface area contributed by atoms with Crippen LogP contribution in [0, 0.1) is 0 Å². The molecular weight excluding hydrogens is 266 g/mol. The number of nitrogens with one attached hydrogen (secondary N) is 2. The van der Waals surface area contributed by atoms with E-state index in [0.29, 0.717) is 0 Å². The molecule has 0 aromatic carbocycles. The summed E-state index contributed by atoms with van der Waals surface area (Å²) in [5.74, 6) is -5.40. The number of hydrogen-bond acceptors (Lipinski definition) is 6. The summed E-state index contributed by atoms with van der Waals surface area (Å²) in [4.78, 5) is 68.5. The number of hydrogen-bond donors (Lipinski definition) is 4. The van der Waals surface area contributed by atoms with Crippen LogP contribution in [-0.4, -0.2) is 42.6 Å². The minimum Gasteiger partial charge on any atom is -0.477 e. The molecule has 11 nitrogen and oxygen atoms in total. The van der Waals surface area contributed by atoms with E-state index < -0.39 is 40.5 Å². The third kappa shape index (κ3) is 2.91. The lowest BCUT2D eigenvalue weighted by Gasteiger charge is -1.98. The first kappa shape index (κ1) is 13.8. The highest BCUT2D eigenvalue weighted by Crippen LogP contribution is 1.95. The Bertz CT molecular complexity index is 711. The molecule has 0 spiro atoms. The van der Waals surface area contributed by atoms with Gasteiger partial charge in [-0.05, 0) is 0 Å². The monoisotopic (exact) mass is 271 g/mol. The van der Waals surface area contributed by atoms with Crippen LogP contribution in [0.1, 0.15) is 4.79 Å². The number of aliphatic carboxylic acids is 2. The van der Waals surface area contributed by atoms with Gasteiger partial charge in [-0.25, -0.2) is 24.0 Å². The van der Waals surface area contributed by atoms with Gasteiger partial charge in [0.15, 0.2) is 0 Å². The zero-order valence-electron chi connectivity index (χ0n) is 8.87. The van der Waals surface area contributed by atoms with Gasteiger partial charge in [0.2, 0.25) is 0 Å². The number of aromatic amines is 2. The molecule has 0 fully saturated rings. The van der Waals surface area contributed by atoms with Gasteiger partial charge in [0.25, 0.3) is 5.91 Å². The highest BCUT2D eigenvalue weighted by molar-refractivity contribution is 6.16. The molecule has 19 heavy (non-hydrogen) atoms. The molecule has 1 rings (SSSR count). The van der Waals surface area contributed by atoms with Crippen molar-refractivity contribution in [2.24, 2.45) is 0 Å². The Kier molecular flexibility index (Phi) is 3.60. The molecule has 11 heteroatoms. The van der Waals surface area contributed by atoms with Gasteiger partial charge in [-0.15, -0.1) is 0 Å². The topological polar surface area (TPSA) is 179 Å². The lowest BCUT2D eigenvalue weighted by atomic mass is 10.2. The van der Waals surface area contributed by atoms with Gasteiger partial charge in [-0.1, -0.05) is 0 Å². The molecule has 100 valence electrons. The van der Waals surface area contributed by atoms with Crippen molar-refractivity contribution in [3.05, 3.63) is 43.1 Å². The second kappa shape index (κ2) is 4.95. The molecule has 0 aliphatic carbocycles. The first-order valence-corrected chi connectivity index (χ1v) is 4.42. The van der Waals surface area contributed by atoms with Crippen LogP contribution < -0.4 is 17.1 Å². The maximum Gasteiger partial charge on any atom is 0.343 e. The summed E-state index contributed by atoms with van der Waals surface area (Å²) in [6.45, 7) is 0. The van der Waals surface area contributed by atoms with E-state index in [-0.39, 0.29) is 10.6 Å². The molecule has 1 aromatic heterocycles. The summed E-state index contributed by atoms with van der Waals surface area (Å²) in [7, 11) is 0. The molecule has 0 aliphatic heterocycles. The van der Waals surface area contributed by atoms with Crippen molar-refractivity contribution in [3.8, 4) is 0 Å². The van der Waals surface area contributed by atoms with E-state index >= 15 is 0 Å². The van der Waals surface area contributed by atoms with Gasteiger partial charge in [0.05, 0.1) is 0 Å². The van der Waals surface area contributed by atoms with Crippen molar-refractivity contribution in [2.75, 3.05) is 0 Å². The highest BCUT2D eigenvalue weighted by Gasteiger charge is 2.20. The van der Waals surface area contributed by atoms with Gasteiger partial charge in [0, 0.05) is 6.08 Å². The van der Waals surface area contributed by atoms with Crippen molar-refractivity contribution < 1.29 is 24.6 Å². The zero-order valence-corrected chi connectivity index (χ0v) is 8.87. The van der Waals surface area contributed by atoms with Crippen LogP contribution in [0.4, 0.5) is 0 Å². The van der Waals surface area contributed by atoms with Crippen molar-refractivity contribution in [1.82, 2.24) is 14.5 Å². The molecule has 0 saturated heterocycles. The van der Waals surface area contributed by atoms with E-state index in [1.165, 1.54) is 0 Å². The number of H-pyrrole nitrogens is 2. The van der Waals surface area contributed by atoms with Crippen LogP contribution in [0.15, 0.2) is 26.0 Å². The molecule has 0 amide bonds. The fraction of sp³-hybridized carbons (Fsp3) is 0. The van der Waals surface area contributed by atoms with Crippen molar-refractivity contribution in [1.29, 1.82) is 0 Å². The van der Waals surface area contributed by atoms with Gasteiger partial charge >= 0.3 is 29.0 Å². The second-order valence-electron chi connectivity index (χ2n) is 3.03. The van der Waals surface area contributed by atoms with E-state index in [9.17, 15) is 28.8 Å². The first-order chi connectivity index (χ1) is 8.73. The van der Waals surface area contributed by atoms with Crippen LogP contribution in [0.2, 0.25) is 0 Å². The number of allylic oxidation sites excluding steroid dienone is 1. The van der Waals surface area contributed by atoms with Crippen LogP contribution in [0.3, 0.4) is 0 Å². The van der Waals surface area contributed by atoms with Crippen molar-refractivity contribution in [3.63, 3.8) is 0 Å². The van der Waals surface area contributed by atoms with Crippen molar-refractivity contribution >= 4 is 17.8 Å². The maximum absolute atomic E-state index is 11.4. The smallest absolute Gasteiger partial charge is 0.343 e. The lowest BCUT2D eigenvalue weighted by Crippen LogP contribution is -2.46. The number of carbonyl (C=O) groups excluding carboxylic acids is 1. The number of carboxylic acid groups (broad SMARTS) is 2. The number of carbonyl (C=O) groups is 3. The van der Waals surface area contributed by atoms with Crippen molar-refractivity contribution in [2.45, 2.75) is 0 Å². The van der Waals surface area contributed by atoms with Gasteiger partial charge in [-0.2, -0.15) is 4.57 Å². The number of aromatic nitrogens is 3. The summed E-state index contributed by atoms with van der Waals surface area (Å²) in [5, 5.41) is 17.0. The Labute approximate surface area is 101 Å². The minimum atomic E-state index is -1.94. The van der Waals surface area contributed by atoms with Gasteiger partial charge < -0.3 is 10.2 Å². The SMILES string of the molecule is O=C(O)C(=CC(=O)n1c(=O)[nH]c(=O)[nH]c1=O)C(=O)O. The summed E-state index contributed by atoms with van der Waals surface area (Å²) in [6, 6.07) is 0. The lowest BCUT2D eigenvalue weighted by molar-refractivity contribution is -0.140. The number of nitrogens with zero attached hydrogens (tertiary/aromatic N) is 1. The standard InChI is InChI=1S/C8H5N3O8/c12-3(1-2(4(13)14)5(15)16)11-7(18)9-6(17)10-8(11)19/h1H,(H,13,14)(H,15,16)(H2,9,10,17,18,19). The fourth-order valence-corrected chi connectivity index (χ4v) is 1.03. The first-order valence-electron chi connectivity index (χ1n) is 4.42. The predicted molar refractivity (Wildman–Crippen MR) is 55.9 cm³/mol. The average Bonchev–Trinajstić information content (AvgIpc) is 2.23. The predicted octanol–water partition coefficient (Wildman–Crippen LogP) is -3.04. The van der Waals surface area contributed by atoms with E-state index in [1.54, 1.807) is 9.97 Å². The summed E-state index contributed by atoms with van der Waals surface area (Å²) in [6.07, 6.45) is 0.0691. The molecule has 1 aromatic rings. The van der Waals surface area contributed by atoms with E-state index in [4.69, 9.17) is 10.2 Å². The van der Waals surface area contributed by atoms with E-state index in [2.05, 4.69) is 0 Å². The van der Waals surface area contributed by atoms with Gasteiger partial charge in [-0.3, -0.25) is 14.8 Å². The van der Waals surface area contributed by atoms with Crippen LogP contribution in [0.25, 0.3) is 0 Å². The molecule has 0 aliphatic rings. The Hall–Kier alpha value is -3.24. The maximum atomic E-state index is 11.4. The van der Waals surface area contributed by atoms with E-state index in [0.717, 1.165) is 0 Å². The molecule has 0 saturated carbocycles. The Balaban J connectivity index is 3.45. The summed E-state index contributed by atoms with van der Waals surface area (Å²) in [5.41, 5.74) is -5.36. The Morgan fingerprint density at radius 2 is 1.37 bits per heavy atom. The number of carboxylic acids is 2. The van der Waals surface area contributed by atoms with Crippen LogP contribution in [0.5, 0.6) is 0 Å².